The van der Waals surface area contributed by atoms with Crippen molar-refractivity contribution in [1.82, 2.24) is 4.30 Å². The number of ether oxygens (including phenoxy) is 2. The molecule has 1 N–H and O–H groups in total. The lowest BCUT2D eigenvalue weighted by Gasteiger charge is -2.14. The molecule has 4 nitrogen and oxygen atoms in total. The summed E-state index contributed by atoms with van der Waals surface area (Å²) in [6, 6.07) is 4.47. The molecule has 0 saturated heterocycles. The molecule has 1 fully saturated rings. The lowest BCUT2D eigenvalue weighted by Crippen LogP contribution is -2.32. The molecule has 1 heterocycles. The van der Waals surface area contributed by atoms with Gasteiger partial charge >= 0.3 is 22.8 Å². The maximum Gasteiger partial charge on any atom is 0.586 e. The SMILES string of the molecule is O=C([NH][Al])C1(c2ccc3c(c2)OC(F)(F)O3)CC1. The van der Waals surface area contributed by atoms with Crippen LogP contribution in [0.1, 0.15) is 18.4 Å². The Labute approximate surface area is 110 Å². The third-order valence-electron chi connectivity index (χ3n) is 3.27. The molecular formula is C11H8AlF2NO3. The minimum Gasteiger partial charge on any atom is -0.463 e. The number of hydrogen-bond acceptors (Lipinski definition) is 3. The van der Waals surface area contributed by atoms with Crippen LogP contribution in [0.2, 0.25) is 0 Å². The van der Waals surface area contributed by atoms with Crippen molar-refractivity contribution in [1.29, 1.82) is 0 Å². The van der Waals surface area contributed by atoms with E-state index in [0.29, 0.717) is 18.4 Å². The minimum atomic E-state index is -3.62. The molecule has 0 unspecified atom stereocenters. The first-order valence-electron chi connectivity index (χ1n) is 5.38. The third kappa shape index (κ3) is 1.66. The molecule has 2 radical (unpaired) electrons. The Morgan fingerprint density at radius 2 is 1.94 bits per heavy atom. The Morgan fingerprint density at radius 1 is 1.28 bits per heavy atom. The second-order valence-electron chi connectivity index (χ2n) is 4.38. The highest BCUT2D eigenvalue weighted by atomic mass is 27.1. The standard InChI is InChI=1S/C11H9F2NO3.Al/c12-11(13)16-7-2-1-6(5-8(7)17-11)10(3-4-10)9(14)15;/h1-2,5H,3-4H2,(H2,14,15);/q;+1/p-1. The number of carbonyl (C=O) groups excluding carboxylic acids is 1. The van der Waals surface area contributed by atoms with Gasteiger partial charge in [0.15, 0.2) is 11.5 Å². The first kappa shape index (κ1) is 11.8. The molecule has 18 heavy (non-hydrogen) atoms. The Balaban J connectivity index is 1.96. The van der Waals surface area contributed by atoms with Gasteiger partial charge in [-0.25, -0.2) is 0 Å². The van der Waals surface area contributed by atoms with Crippen LogP contribution in [0.3, 0.4) is 0 Å². The number of hydrogen-bond donors (Lipinski definition) is 1. The maximum absolute atomic E-state index is 12.9. The van der Waals surface area contributed by atoms with E-state index in [9.17, 15) is 13.6 Å². The molecule has 2 aliphatic rings. The molecule has 0 spiro atoms. The number of alkyl halides is 2. The molecule has 1 aromatic carbocycles. The summed E-state index contributed by atoms with van der Waals surface area (Å²) in [6.45, 7) is 0. The van der Waals surface area contributed by atoms with Crippen LogP contribution in [0.4, 0.5) is 8.78 Å². The van der Waals surface area contributed by atoms with E-state index in [2.05, 4.69) is 30.3 Å². The van der Waals surface area contributed by atoms with Crippen molar-refractivity contribution >= 4 is 22.4 Å². The van der Waals surface area contributed by atoms with Crippen LogP contribution in [-0.2, 0) is 10.2 Å². The average molecular weight is 267 g/mol. The summed E-state index contributed by atoms with van der Waals surface area (Å²) in [5, 5.41) is 0. The predicted octanol–water partition coefficient (Wildman–Crippen LogP) is 1.24. The molecule has 1 aliphatic carbocycles. The van der Waals surface area contributed by atoms with Crippen LogP contribution >= 0.6 is 0 Å². The molecule has 3 rings (SSSR count). The molecule has 0 bridgehead atoms. The van der Waals surface area contributed by atoms with Gasteiger partial charge in [-0.15, -0.1) is 8.78 Å². The summed E-state index contributed by atoms with van der Waals surface area (Å²) in [7, 11) is 0. The minimum absolute atomic E-state index is 0.00849. The largest absolute Gasteiger partial charge is 0.586 e. The zero-order valence-corrected chi connectivity index (χ0v) is 10.4. The van der Waals surface area contributed by atoms with Gasteiger partial charge in [0.1, 0.15) is 0 Å². The van der Waals surface area contributed by atoms with Gasteiger partial charge in [0.2, 0.25) is 5.91 Å². The molecular weight excluding hydrogens is 259 g/mol. The lowest BCUT2D eigenvalue weighted by atomic mass is 9.95. The fourth-order valence-electron chi connectivity index (χ4n) is 2.16. The number of amides is 1. The van der Waals surface area contributed by atoms with Crippen molar-refractivity contribution in [3.05, 3.63) is 23.8 Å². The topological polar surface area (TPSA) is 47.6 Å². The molecule has 92 valence electrons. The summed E-state index contributed by atoms with van der Waals surface area (Å²) in [5.41, 5.74) is 0.0559. The van der Waals surface area contributed by atoms with E-state index in [0.717, 1.165) is 0 Å². The van der Waals surface area contributed by atoms with Crippen LogP contribution < -0.4 is 13.8 Å². The highest BCUT2D eigenvalue weighted by molar-refractivity contribution is 6.16. The molecule has 0 aromatic heterocycles. The van der Waals surface area contributed by atoms with E-state index < -0.39 is 11.7 Å². The van der Waals surface area contributed by atoms with E-state index in [-0.39, 0.29) is 17.4 Å². The summed E-state index contributed by atoms with van der Waals surface area (Å²) >= 11 is 2.15. The summed E-state index contributed by atoms with van der Waals surface area (Å²) in [6.07, 6.45) is -2.23. The molecule has 1 amide bonds. The van der Waals surface area contributed by atoms with Gasteiger partial charge in [-0.05, 0) is 30.5 Å². The summed E-state index contributed by atoms with van der Waals surface area (Å²) in [4.78, 5) is 11.8. The molecule has 1 saturated carbocycles. The van der Waals surface area contributed by atoms with Gasteiger partial charge in [-0.2, -0.15) is 0 Å². The van der Waals surface area contributed by atoms with Gasteiger partial charge in [-0.1, -0.05) is 6.07 Å². The number of benzene rings is 1. The monoisotopic (exact) mass is 267 g/mol. The maximum atomic E-state index is 12.9. The van der Waals surface area contributed by atoms with E-state index in [4.69, 9.17) is 0 Å². The van der Waals surface area contributed by atoms with Gasteiger partial charge in [0.25, 0.3) is 0 Å². The van der Waals surface area contributed by atoms with Crippen molar-refractivity contribution in [2.24, 2.45) is 0 Å². The Morgan fingerprint density at radius 3 is 2.56 bits per heavy atom. The van der Waals surface area contributed by atoms with Crippen molar-refractivity contribution in [3.8, 4) is 11.5 Å². The van der Waals surface area contributed by atoms with Crippen LogP contribution in [-0.4, -0.2) is 28.7 Å². The normalized spacial score (nSPS) is 21.4. The number of rotatable bonds is 2. The molecule has 1 aromatic rings. The van der Waals surface area contributed by atoms with Crippen LogP contribution in [0.25, 0.3) is 0 Å². The Bertz CT molecular complexity index is 531. The second-order valence-corrected chi connectivity index (χ2v) is 4.67. The number of fused-ring (bicyclic) bond motifs is 1. The van der Waals surface area contributed by atoms with Crippen molar-refractivity contribution in [2.75, 3.05) is 0 Å². The molecule has 0 atom stereocenters. The lowest BCUT2D eigenvalue weighted by molar-refractivity contribution is -0.286. The zero-order valence-electron chi connectivity index (χ0n) is 9.20. The third-order valence-corrected chi connectivity index (χ3v) is 3.53. The Kier molecular flexibility index (Phi) is 2.35. The first-order valence-corrected chi connectivity index (χ1v) is 5.96. The molecule has 7 heteroatoms. The first-order chi connectivity index (χ1) is 8.47. The van der Waals surface area contributed by atoms with Crippen LogP contribution in [0.5, 0.6) is 11.5 Å². The smallest absolute Gasteiger partial charge is 0.463 e. The Hall–Kier alpha value is -1.32. The highest BCUT2D eigenvalue weighted by Crippen LogP contribution is 2.51. The second kappa shape index (κ2) is 3.59. The fourth-order valence-corrected chi connectivity index (χ4v) is 2.43. The van der Waals surface area contributed by atoms with Crippen molar-refractivity contribution in [3.63, 3.8) is 0 Å². The van der Waals surface area contributed by atoms with Crippen LogP contribution in [0.15, 0.2) is 18.2 Å². The molecule has 1 aliphatic heterocycles. The predicted molar refractivity (Wildman–Crippen MR) is 57.5 cm³/mol. The van der Waals surface area contributed by atoms with E-state index >= 15 is 0 Å². The van der Waals surface area contributed by atoms with Crippen molar-refractivity contribution in [2.45, 2.75) is 24.6 Å². The zero-order chi connectivity index (χ0) is 13.0. The van der Waals surface area contributed by atoms with Crippen molar-refractivity contribution < 1.29 is 23.0 Å². The number of nitrogens with one attached hydrogen (secondary N) is 1. The van der Waals surface area contributed by atoms with Gasteiger partial charge in [0.05, 0.1) is 5.41 Å². The van der Waals surface area contributed by atoms with E-state index in [1.54, 1.807) is 6.07 Å². The van der Waals surface area contributed by atoms with Gasteiger partial charge < -0.3 is 13.8 Å². The van der Waals surface area contributed by atoms with E-state index in [1.807, 2.05) is 0 Å². The highest BCUT2D eigenvalue weighted by Gasteiger charge is 2.51. The average Bonchev–Trinajstić information content (AvgIpc) is 3.05. The quantitative estimate of drug-likeness (QED) is 0.820. The van der Waals surface area contributed by atoms with Gasteiger partial charge in [0, 0.05) is 0 Å². The van der Waals surface area contributed by atoms with Gasteiger partial charge in [-0.3, -0.25) is 4.79 Å². The van der Waals surface area contributed by atoms with Crippen LogP contribution in [0, 0.1) is 0 Å². The summed E-state index contributed by atoms with van der Waals surface area (Å²) < 4.78 is 37.0. The summed E-state index contributed by atoms with van der Waals surface area (Å²) in [5.74, 6) is -0.177. The fraction of sp³-hybridized carbons (Fsp3) is 0.364. The number of carbonyl (C=O) groups is 1. The number of halogens is 2. The van der Waals surface area contributed by atoms with E-state index in [1.165, 1.54) is 12.1 Å².